The summed E-state index contributed by atoms with van der Waals surface area (Å²) in [6.07, 6.45) is 1.70. The molecular formula is C22H23N5O3. The largest absolute Gasteiger partial charge is 0.396 e. The minimum Gasteiger partial charge on any atom is -0.396 e. The number of carbonyl (C=O) groups excluding carboxylic acids is 2. The summed E-state index contributed by atoms with van der Waals surface area (Å²) >= 11 is 0. The van der Waals surface area contributed by atoms with Crippen LogP contribution in [0.3, 0.4) is 0 Å². The molecule has 0 radical (unpaired) electrons. The van der Waals surface area contributed by atoms with Gasteiger partial charge in [0.25, 0.3) is 0 Å². The standard InChI is InChI=1S/C22H23N5O3/c1-23-18-11-14(7-9-24-18)21-22(25-15-5-3-2-4-6-15)20-16(26-21)12-27(13-17(20)29)19(30)8-10-28/h2-7,9,11,25-26,28H,8,10,12-13H2,1H3,(H,23,24). The lowest BCUT2D eigenvalue weighted by Crippen LogP contribution is -2.39. The number of ketones is 1. The third-order valence-corrected chi connectivity index (χ3v) is 5.07. The lowest BCUT2D eigenvalue weighted by Gasteiger charge is -2.26. The van der Waals surface area contributed by atoms with Gasteiger partial charge < -0.3 is 25.6 Å². The maximum Gasteiger partial charge on any atom is 0.225 e. The number of pyridine rings is 1. The van der Waals surface area contributed by atoms with Crippen LogP contribution in [0.15, 0.2) is 48.7 Å². The number of amides is 1. The van der Waals surface area contributed by atoms with Gasteiger partial charge in [0.15, 0.2) is 5.78 Å². The molecule has 3 heterocycles. The van der Waals surface area contributed by atoms with E-state index in [9.17, 15) is 9.59 Å². The number of anilines is 3. The van der Waals surface area contributed by atoms with Crippen LogP contribution < -0.4 is 10.6 Å². The fraction of sp³-hybridized carbons (Fsp3) is 0.227. The predicted molar refractivity (Wildman–Crippen MR) is 115 cm³/mol. The Bertz CT molecular complexity index is 1080. The fourth-order valence-electron chi connectivity index (χ4n) is 3.64. The van der Waals surface area contributed by atoms with Crippen molar-refractivity contribution in [2.75, 3.05) is 30.8 Å². The second kappa shape index (κ2) is 8.38. The van der Waals surface area contributed by atoms with E-state index in [0.29, 0.717) is 22.8 Å². The van der Waals surface area contributed by atoms with E-state index in [-0.39, 0.29) is 37.8 Å². The van der Waals surface area contributed by atoms with Gasteiger partial charge in [-0.05, 0) is 24.3 Å². The number of hydrogen-bond donors (Lipinski definition) is 4. The van der Waals surface area contributed by atoms with Crippen LogP contribution in [0, 0.1) is 0 Å². The highest BCUT2D eigenvalue weighted by Gasteiger charge is 2.32. The number of nitrogens with one attached hydrogen (secondary N) is 3. The summed E-state index contributed by atoms with van der Waals surface area (Å²) < 4.78 is 0. The Morgan fingerprint density at radius 1 is 1.23 bits per heavy atom. The molecule has 154 valence electrons. The maximum atomic E-state index is 13.0. The van der Waals surface area contributed by atoms with E-state index in [1.54, 1.807) is 13.2 Å². The van der Waals surface area contributed by atoms with E-state index in [1.165, 1.54) is 4.90 Å². The molecule has 0 atom stereocenters. The number of rotatable bonds is 6. The molecule has 0 spiro atoms. The maximum absolute atomic E-state index is 13.0. The number of aromatic nitrogens is 2. The summed E-state index contributed by atoms with van der Waals surface area (Å²) in [5.74, 6) is 0.315. The molecule has 1 aromatic carbocycles. The minimum absolute atomic E-state index is 0.00118. The first kappa shape index (κ1) is 19.7. The molecule has 30 heavy (non-hydrogen) atoms. The highest BCUT2D eigenvalue weighted by atomic mass is 16.3. The van der Waals surface area contributed by atoms with E-state index in [4.69, 9.17) is 5.11 Å². The fourth-order valence-corrected chi connectivity index (χ4v) is 3.64. The van der Waals surface area contributed by atoms with Gasteiger partial charge in [-0.25, -0.2) is 4.98 Å². The zero-order valence-electron chi connectivity index (χ0n) is 16.6. The number of aliphatic hydroxyl groups excluding tert-OH is 1. The van der Waals surface area contributed by atoms with Gasteiger partial charge in [-0.15, -0.1) is 0 Å². The molecule has 2 aromatic heterocycles. The van der Waals surface area contributed by atoms with Gasteiger partial charge in [0.05, 0.1) is 36.6 Å². The molecule has 1 amide bonds. The first-order valence-corrected chi connectivity index (χ1v) is 9.73. The van der Waals surface area contributed by atoms with Gasteiger partial charge in [0.2, 0.25) is 5.91 Å². The molecule has 0 aliphatic carbocycles. The second-order valence-corrected chi connectivity index (χ2v) is 7.05. The van der Waals surface area contributed by atoms with E-state index in [0.717, 1.165) is 16.9 Å². The van der Waals surface area contributed by atoms with Crippen LogP contribution in [0.2, 0.25) is 0 Å². The molecule has 4 N–H and O–H groups in total. The number of nitrogens with zero attached hydrogens (tertiary/aromatic N) is 2. The Balaban J connectivity index is 1.81. The number of aromatic amines is 1. The number of fused-ring (bicyclic) bond motifs is 1. The number of H-pyrrole nitrogens is 1. The average molecular weight is 405 g/mol. The van der Waals surface area contributed by atoms with E-state index in [2.05, 4.69) is 20.6 Å². The van der Waals surface area contributed by atoms with E-state index < -0.39 is 0 Å². The van der Waals surface area contributed by atoms with Crippen molar-refractivity contribution in [3.63, 3.8) is 0 Å². The lowest BCUT2D eigenvalue weighted by molar-refractivity contribution is -0.132. The Kier molecular flexibility index (Phi) is 5.49. The molecule has 0 fully saturated rings. The number of aliphatic hydroxyl groups is 1. The molecule has 0 bridgehead atoms. The normalized spacial score (nSPS) is 13.1. The van der Waals surface area contributed by atoms with Crippen LogP contribution in [-0.4, -0.2) is 51.9 Å². The molecule has 1 aliphatic heterocycles. The van der Waals surface area contributed by atoms with E-state index in [1.807, 2.05) is 42.5 Å². The summed E-state index contributed by atoms with van der Waals surface area (Å²) in [4.78, 5) is 34.4. The van der Waals surface area contributed by atoms with Crippen molar-refractivity contribution < 1.29 is 14.7 Å². The van der Waals surface area contributed by atoms with Crippen LogP contribution in [0.4, 0.5) is 17.2 Å². The Morgan fingerprint density at radius 3 is 2.77 bits per heavy atom. The van der Waals surface area contributed by atoms with Crippen molar-refractivity contribution in [2.45, 2.75) is 13.0 Å². The van der Waals surface area contributed by atoms with Crippen LogP contribution in [-0.2, 0) is 11.3 Å². The molecule has 8 heteroatoms. The van der Waals surface area contributed by atoms with Gasteiger partial charge in [0, 0.05) is 36.6 Å². The Labute approximate surface area is 173 Å². The number of hydrogen-bond acceptors (Lipinski definition) is 6. The molecule has 4 rings (SSSR count). The smallest absolute Gasteiger partial charge is 0.225 e. The summed E-state index contributed by atoms with van der Waals surface area (Å²) in [6, 6.07) is 13.4. The molecule has 0 unspecified atom stereocenters. The van der Waals surface area contributed by atoms with Gasteiger partial charge in [-0.2, -0.15) is 0 Å². The molecular weight excluding hydrogens is 382 g/mol. The number of benzene rings is 1. The predicted octanol–water partition coefficient (Wildman–Crippen LogP) is 2.77. The zero-order chi connectivity index (χ0) is 21.1. The third-order valence-electron chi connectivity index (χ3n) is 5.07. The monoisotopic (exact) mass is 405 g/mol. The van der Waals surface area contributed by atoms with E-state index >= 15 is 0 Å². The quantitative estimate of drug-likeness (QED) is 0.502. The second-order valence-electron chi connectivity index (χ2n) is 7.05. The zero-order valence-corrected chi connectivity index (χ0v) is 16.6. The SMILES string of the molecule is CNc1cc(-c2[nH]c3c(c2Nc2ccccc2)C(=O)CN(C(=O)CCO)C3)ccn1. The number of carbonyl (C=O) groups is 2. The van der Waals surface area contributed by atoms with Gasteiger partial charge >= 0.3 is 0 Å². The summed E-state index contributed by atoms with van der Waals surface area (Å²) in [6.45, 7) is 0.0367. The van der Waals surface area contributed by atoms with Crippen molar-refractivity contribution in [2.24, 2.45) is 0 Å². The minimum atomic E-state index is -0.244. The summed E-state index contributed by atoms with van der Waals surface area (Å²) in [5.41, 5.74) is 4.40. The Morgan fingerprint density at radius 2 is 2.03 bits per heavy atom. The van der Waals surface area contributed by atoms with Crippen LogP contribution >= 0.6 is 0 Å². The van der Waals surface area contributed by atoms with Crippen molar-refractivity contribution in [1.82, 2.24) is 14.9 Å². The average Bonchev–Trinajstić information content (AvgIpc) is 3.13. The Hall–Kier alpha value is -3.65. The van der Waals surface area contributed by atoms with Crippen LogP contribution in [0.1, 0.15) is 22.5 Å². The molecule has 3 aromatic rings. The number of Topliss-reactive ketones (excluding diaryl/α,β-unsaturated/α-hetero) is 1. The third kappa shape index (κ3) is 3.77. The highest BCUT2D eigenvalue weighted by Crippen LogP contribution is 2.38. The number of para-hydroxylation sites is 1. The van der Waals surface area contributed by atoms with Gasteiger partial charge in [-0.3, -0.25) is 9.59 Å². The topological polar surface area (TPSA) is 110 Å². The lowest BCUT2D eigenvalue weighted by atomic mass is 10.0. The summed E-state index contributed by atoms with van der Waals surface area (Å²) in [7, 11) is 1.79. The van der Waals surface area contributed by atoms with Gasteiger partial charge in [-0.1, -0.05) is 18.2 Å². The van der Waals surface area contributed by atoms with Crippen molar-refractivity contribution >= 4 is 28.9 Å². The van der Waals surface area contributed by atoms with Crippen LogP contribution in [0.5, 0.6) is 0 Å². The summed E-state index contributed by atoms with van der Waals surface area (Å²) in [5, 5.41) is 15.5. The van der Waals surface area contributed by atoms with Crippen LogP contribution in [0.25, 0.3) is 11.3 Å². The first-order valence-electron chi connectivity index (χ1n) is 9.73. The molecule has 8 nitrogen and oxygen atoms in total. The van der Waals surface area contributed by atoms with Crippen molar-refractivity contribution in [1.29, 1.82) is 0 Å². The molecule has 0 saturated heterocycles. The van der Waals surface area contributed by atoms with Crippen molar-refractivity contribution in [3.05, 3.63) is 59.9 Å². The van der Waals surface area contributed by atoms with Gasteiger partial charge in [0.1, 0.15) is 5.82 Å². The first-order chi connectivity index (χ1) is 14.6. The highest BCUT2D eigenvalue weighted by molar-refractivity contribution is 6.09. The molecule has 1 aliphatic rings. The molecule has 0 saturated carbocycles. The van der Waals surface area contributed by atoms with Crippen molar-refractivity contribution in [3.8, 4) is 11.3 Å².